The van der Waals surface area contributed by atoms with Crippen LogP contribution in [0.3, 0.4) is 0 Å². The minimum Gasteiger partial charge on any atom is -0.361 e. The monoisotopic (exact) mass is 302 g/mol. The molecule has 0 amide bonds. The zero-order chi connectivity index (χ0) is 14.2. The molecule has 1 aromatic heterocycles. The van der Waals surface area contributed by atoms with Crippen molar-refractivity contribution >= 4 is 17.3 Å². The summed E-state index contributed by atoms with van der Waals surface area (Å²) in [5.41, 5.74) is 2.37. The molecule has 1 N–H and O–H groups in total. The molecule has 1 aliphatic heterocycles. The summed E-state index contributed by atoms with van der Waals surface area (Å²) in [5, 5.41) is 4.36. The predicted molar refractivity (Wildman–Crippen MR) is 84.6 cm³/mol. The standard InChI is InChI=1S/C16H19ClN4/c17-14-9-12(10-19-13-2-3-13)1-4-15(14)21-8-7-20-6-5-18-16(20)11-21/h1,4-6,9,13,19H,2-3,7-8,10-11H2. The topological polar surface area (TPSA) is 33.1 Å². The Morgan fingerprint density at radius 2 is 2.19 bits per heavy atom. The normalized spacial score (nSPS) is 17.9. The van der Waals surface area contributed by atoms with E-state index in [1.54, 1.807) is 0 Å². The van der Waals surface area contributed by atoms with Crippen LogP contribution in [0, 0.1) is 0 Å². The van der Waals surface area contributed by atoms with Crippen LogP contribution in [-0.4, -0.2) is 22.1 Å². The van der Waals surface area contributed by atoms with Gasteiger partial charge in [0, 0.05) is 38.1 Å². The van der Waals surface area contributed by atoms with Crippen LogP contribution in [0.25, 0.3) is 0 Å². The number of aromatic nitrogens is 2. The zero-order valence-corrected chi connectivity index (χ0v) is 12.7. The summed E-state index contributed by atoms with van der Waals surface area (Å²) in [5.74, 6) is 1.11. The lowest BCUT2D eigenvalue weighted by molar-refractivity contribution is 0.560. The molecule has 1 fully saturated rings. The smallest absolute Gasteiger partial charge is 0.128 e. The van der Waals surface area contributed by atoms with E-state index in [1.807, 2.05) is 12.4 Å². The molecule has 2 aliphatic rings. The van der Waals surface area contributed by atoms with Gasteiger partial charge in [-0.3, -0.25) is 0 Å². The number of nitrogens with one attached hydrogen (secondary N) is 1. The molecular weight excluding hydrogens is 284 g/mol. The van der Waals surface area contributed by atoms with E-state index < -0.39 is 0 Å². The van der Waals surface area contributed by atoms with E-state index in [-0.39, 0.29) is 0 Å². The Bertz CT molecular complexity index is 647. The summed E-state index contributed by atoms with van der Waals surface area (Å²) < 4.78 is 2.21. The molecule has 1 saturated carbocycles. The zero-order valence-electron chi connectivity index (χ0n) is 11.9. The van der Waals surface area contributed by atoms with Crippen LogP contribution in [0.4, 0.5) is 5.69 Å². The summed E-state index contributed by atoms with van der Waals surface area (Å²) in [6.07, 6.45) is 6.53. The number of hydrogen-bond donors (Lipinski definition) is 1. The first-order valence-corrected chi connectivity index (χ1v) is 7.94. The molecule has 21 heavy (non-hydrogen) atoms. The molecule has 5 heteroatoms. The van der Waals surface area contributed by atoms with Gasteiger partial charge in [0.05, 0.1) is 17.3 Å². The van der Waals surface area contributed by atoms with Crippen LogP contribution in [0.15, 0.2) is 30.6 Å². The first-order chi connectivity index (χ1) is 10.3. The van der Waals surface area contributed by atoms with Gasteiger partial charge < -0.3 is 14.8 Å². The van der Waals surface area contributed by atoms with Crippen molar-refractivity contribution in [1.29, 1.82) is 0 Å². The van der Waals surface area contributed by atoms with Gasteiger partial charge in [0.15, 0.2) is 0 Å². The van der Waals surface area contributed by atoms with Gasteiger partial charge in [-0.25, -0.2) is 4.98 Å². The Hall–Kier alpha value is -1.52. The number of nitrogens with zero attached hydrogens (tertiary/aromatic N) is 3. The molecule has 0 bridgehead atoms. The summed E-state index contributed by atoms with van der Waals surface area (Å²) >= 11 is 6.50. The van der Waals surface area contributed by atoms with Crippen LogP contribution in [0.1, 0.15) is 24.2 Å². The maximum Gasteiger partial charge on any atom is 0.128 e. The van der Waals surface area contributed by atoms with Crippen LogP contribution < -0.4 is 10.2 Å². The third-order valence-corrected chi connectivity index (χ3v) is 4.57. The van der Waals surface area contributed by atoms with Crippen molar-refractivity contribution in [2.24, 2.45) is 0 Å². The molecule has 0 unspecified atom stereocenters. The third kappa shape index (κ3) is 2.78. The number of imidazole rings is 1. The lowest BCUT2D eigenvalue weighted by Crippen LogP contribution is -2.33. The van der Waals surface area contributed by atoms with Crippen molar-refractivity contribution < 1.29 is 0 Å². The SMILES string of the molecule is Clc1cc(CNC2CC2)ccc1N1CCn2ccnc2C1. The maximum atomic E-state index is 6.50. The fourth-order valence-electron chi connectivity index (χ4n) is 2.85. The fourth-order valence-corrected chi connectivity index (χ4v) is 3.17. The fraction of sp³-hybridized carbons (Fsp3) is 0.438. The van der Waals surface area contributed by atoms with Gasteiger partial charge in [0.2, 0.25) is 0 Å². The quantitative estimate of drug-likeness (QED) is 0.943. The number of rotatable bonds is 4. The van der Waals surface area contributed by atoms with E-state index in [0.29, 0.717) is 0 Å². The second-order valence-electron chi connectivity index (χ2n) is 5.90. The Morgan fingerprint density at radius 3 is 3.00 bits per heavy atom. The van der Waals surface area contributed by atoms with Gasteiger partial charge >= 0.3 is 0 Å². The second-order valence-corrected chi connectivity index (χ2v) is 6.31. The number of anilines is 1. The van der Waals surface area contributed by atoms with Crippen LogP contribution in [0.2, 0.25) is 5.02 Å². The van der Waals surface area contributed by atoms with E-state index in [0.717, 1.165) is 48.8 Å². The van der Waals surface area contributed by atoms with E-state index in [1.165, 1.54) is 18.4 Å². The van der Waals surface area contributed by atoms with Crippen LogP contribution >= 0.6 is 11.6 Å². The van der Waals surface area contributed by atoms with Crippen molar-refractivity contribution in [2.45, 2.75) is 38.5 Å². The average Bonchev–Trinajstić information content (AvgIpc) is 3.21. The number of benzene rings is 1. The van der Waals surface area contributed by atoms with Crippen molar-refractivity contribution in [3.8, 4) is 0 Å². The van der Waals surface area contributed by atoms with Crippen molar-refractivity contribution in [3.63, 3.8) is 0 Å². The van der Waals surface area contributed by atoms with Crippen LogP contribution in [0.5, 0.6) is 0 Å². The molecule has 110 valence electrons. The minimum absolute atomic E-state index is 0.726. The number of hydrogen-bond acceptors (Lipinski definition) is 3. The van der Waals surface area contributed by atoms with Crippen molar-refractivity contribution in [1.82, 2.24) is 14.9 Å². The molecule has 0 saturated heterocycles. The Morgan fingerprint density at radius 1 is 1.29 bits per heavy atom. The summed E-state index contributed by atoms with van der Waals surface area (Å²) in [4.78, 5) is 6.71. The van der Waals surface area contributed by atoms with Crippen molar-refractivity contribution in [3.05, 3.63) is 47.0 Å². The van der Waals surface area contributed by atoms with Gasteiger partial charge in [0.1, 0.15) is 5.82 Å². The summed E-state index contributed by atoms with van der Waals surface area (Å²) in [6.45, 7) is 3.68. The van der Waals surface area contributed by atoms with Crippen molar-refractivity contribution in [2.75, 3.05) is 11.4 Å². The highest BCUT2D eigenvalue weighted by Crippen LogP contribution is 2.30. The molecule has 2 aromatic rings. The minimum atomic E-state index is 0.726. The summed E-state index contributed by atoms with van der Waals surface area (Å²) in [7, 11) is 0. The number of fused-ring (bicyclic) bond motifs is 1. The highest BCUT2D eigenvalue weighted by atomic mass is 35.5. The van der Waals surface area contributed by atoms with E-state index >= 15 is 0 Å². The maximum absolute atomic E-state index is 6.50. The van der Waals surface area contributed by atoms with Crippen LogP contribution in [-0.2, 0) is 19.6 Å². The Balaban J connectivity index is 1.49. The predicted octanol–water partition coefficient (Wildman–Crippen LogP) is 2.81. The van der Waals surface area contributed by atoms with E-state index in [9.17, 15) is 0 Å². The first-order valence-electron chi connectivity index (χ1n) is 7.56. The molecule has 0 atom stereocenters. The lowest BCUT2D eigenvalue weighted by Gasteiger charge is -2.30. The van der Waals surface area contributed by atoms with E-state index in [2.05, 4.69) is 38.0 Å². The second kappa shape index (κ2) is 5.35. The Labute approximate surface area is 129 Å². The molecule has 0 radical (unpaired) electrons. The van der Waals surface area contributed by atoms with Gasteiger partial charge in [-0.05, 0) is 30.5 Å². The Kier molecular flexibility index (Phi) is 3.36. The summed E-state index contributed by atoms with van der Waals surface area (Å²) in [6, 6.07) is 7.14. The molecule has 1 aliphatic carbocycles. The molecular formula is C16H19ClN4. The van der Waals surface area contributed by atoms with Gasteiger partial charge in [-0.15, -0.1) is 0 Å². The molecule has 1 aromatic carbocycles. The lowest BCUT2D eigenvalue weighted by atomic mass is 10.1. The first kappa shape index (κ1) is 13.2. The molecule has 2 heterocycles. The van der Waals surface area contributed by atoms with E-state index in [4.69, 9.17) is 11.6 Å². The molecule has 0 spiro atoms. The van der Waals surface area contributed by atoms with Gasteiger partial charge in [-0.2, -0.15) is 0 Å². The van der Waals surface area contributed by atoms with Gasteiger partial charge in [0.25, 0.3) is 0 Å². The molecule has 4 nitrogen and oxygen atoms in total. The molecule has 4 rings (SSSR count). The van der Waals surface area contributed by atoms with Gasteiger partial charge in [-0.1, -0.05) is 17.7 Å². The number of halogens is 1. The highest BCUT2D eigenvalue weighted by molar-refractivity contribution is 6.33. The highest BCUT2D eigenvalue weighted by Gasteiger charge is 2.21. The largest absolute Gasteiger partial charge is 0.361 e. The average molecular weight is 303 g/mol. The third-order valence-electron chi connectivity index (χ3n) is 4.27.